The summed E-state index contributed by atoms with van der Waals surface area (Å²) in [6, 6.07) is 0. The van der Waals surface area contributed by atoms with Crippen molar-refractivity contribution in [1.29, 1.82) is 0 Å². The molecule has 3 heteroatoms. The summed E-state index contributed by atoms with van der Waals surface area (Å²) in [5.41, 5.74) is 6.15. The number of nitrogens with zero attached hydrogens (tertiary/aromatic N) is 2. The summed E-state index contributed by atoms with van der Waals surface area (Å²) in [6.07, 6.45) is 8.86. The molecule has 0 N–H and O–H groups in total. The van der Waals surface area contributed by atoms with Gasteiger partial charge in [0.25, 0.3) is 0 Å². The molecule has 2 aliphatic carbocycles. The summed E-state index contributed by atoms with van der Waals surface area (Å²) in [4.78, 5) is 2.54. The maximum Gasteiger partial charge on any atom is 0.140 e. The minimum absolute atomic E-state index is 1.00. The van der Waals surface area contributed by atoms with Gasteiger partial charge in [-0.3, -0.25) is 4.90 Å². The van der Waals surface area contributed by atoms with E-state index in [1.165, 1.54) is 62.9 Å². The highest BCUT2D eigenvalue weighted by molar-refractivity contribution is 5.28. The number of likely N-dealkylation sites (tertiary alicyclic amines) is 1. The maximum atomic E-state index is 5.43. The molecule has 0 aromatic carbocycles. The van der Waals surface area contributed by atoms with Crippen molar-refractivity contribution >= 4 is 0 Å². The average molecular weight is 244 g/mol. The molecule has 18 heavy (non-hydrogen) atoms. The molecule has 2 fully saturated rings. The number of hydrogen-bond acceptors (Lipinski definition) is 3. The molecule has 1 aromatic rings. The number of fused-ring (bicyclic) bond motifs is 1. The van der Waals surface area contributed by atoms with E-state index in [0.717, 1.165) is 18.7 Å². The Labute approximate surface area is 108 Å². The summed E-state index contributed by atoms with van der Waals surface area (Å²) in [6.45, 7) is 3.42. The van der Waals surface area contributed by atoms with Gasteiger partial charge in [-0.05, 0) is 38.5 Å². The second-order valence-electron chi connectivity index (χ2n) is 5.87. The molecule has 3 nitrogen and oxygen atoms in total. The van der Waals surface area contributed by atoms with Crippen molar-refractivity contribution in [2.24, 2.45) is 0 Å². The van der Waals surface area contributed by atoms with E-state index < -0.39 is 0 Å². The van der Waals surface area contributed by atoms with Crippen molar-refractivity contribution in [3.8, 4) is 0 Å². The lowest BCUT2D eigenvalue weighted by molar-refractivity contribution is 0.238. The fraction of sp³-hybridized carbons (Fsp3) is 0.667. The largest absolute Gasteiger partial charge is 0.361 e. The van der Waals surface area contributed by atoms with Crippen LogP contribution in [0, 0.1) is 0 Å². The quantitative estimate of drug-likeness (QED) is 0.749. The van der Waals surface area contributed by atoms with E-state index >= 15 is 0 Å². The number of rotatable bonds is 2. The third-order valence-electron chi connectivity index (χ3n) is 4.61. The van der Waals surface area contributed by atoms with Gasteiger partial charge < -0.3 is 4.52 Å². The van der Waals surface area contributed by atoms with Crippen LogP contribution in [0.25, 0.3) is 0 Å². The minimum Gasteiger partial charge on any atom is -0.361 e. The van der Waals surface area contributed by atoms with Crippen molar-refractivity contribution in [3.63, 3.8) is 0 Å². The summed E-state index contributed by atoms with van der Waals surface area (Å²) < 4.78 is 5.43. The smallest absolute Gasteiger partial charge is 0.140 e. The van der Waals surface area contributed by atoms with E-state index in [1.54, 1.807) is 11.1 Å². The van der Waals surface area contributed by atoms with Gasteiger partial charge in [-0.1, -0.05) is 16.3 Å². The van der Waals surface area contributed by atoms with Gasteiger partial charge in [0.2, 0.25) is 0 Å². The van der Waals surface area contributed by atoms with Gasteiger partial charge >= 0.3 is 0 Å². The van der Waals surface area contributed by atoms with E-state index in [0.29, 0.717) is 0 Å². The van der Waals surface area contributed by atoms with E-state index in [2.05, 4.69) is 10.1 Å². The van der Waals surface area contributed by atoms with Gasteiger partial charge in [0, 0.05) is 31.6 Å². The highest BCUT2D eigenvalue weighted by Crippen LogP contribution is 2.36. The van der Waals surface area contributed by atoms with Gasteiger partial charge in [-0.2, -0.15) is 0 Å². The van der Waals surface area contributed by atoms with Crippen LogP contribution >= 0.6 is 0 Å². The van der Waals surface area contributed by atoms with Crippen molar-refractivity contribution < 1.29 is 4.52 Å². The SMILES string of the molecule is C1Cc2onc(CN3CCC(=C4CC4)CC3)c2C1. The standard InChI is InChI=1S/C15H20N2O/c1-2-13-14(16-18-15(13)3-1)10-17-8-6-12(7-9-17)11-4-5-11/h1-10H2. The van der Waals surface area contributed by atoms with Crippen LogP contribution in [0.15, 0.2) is 15.7 Å². The molecule has 3 aliphatic rings. The first-order valence-corrected chi connectivity index (χ1v) is 7.28. The molecule has 1 saturated heterocycles. The van der Waals surface area contributed by atoms with E-state index in [9.17, 15) is 0 Å². The predicted molar refractivity (Wildman–Crippen MR) is 69.3 cm³/mol. The number of allylic oxidation sites excluding steroid dienone is 1. The number of piperidine rings is 1. The molecule has 0 bridgehead atoms. The third kappa shape index (κ3) is 1.91. The molecular formula is C15H20N2O. The Morgan fingerprint density at radius 2 is 1.72 bits per heavy atom. The molecule has 4 rings (SSSR count). The Hall–Kier alpha value is -1.09. The van der Waals surface area contributed by atoms with Crippen LogP contribution in [0.2, 0.25) is 0 Å². The Kier molecular flexibility index (Phi) is 2.54. The molecule has 1 aliphatic heterocycles. The highest BCUT2D eigenvalue weighted by atomic mass is 16.5. The third-order valence-corrected chi connectivity index (χ3v) is 4.61. The van der Waals surface area contributed by atoms with Crippen LogP contribution in [-0.4, -0.2) is 23.1 Å². The summed E-state index contributed by atoms with van der Waals surface area (Å²) in [5, 5.41) is 4.27. The van der Waals surface area contributed by atoms with Gasteiger partial charge in [-0.25, -0.2) is 0 Å². The van der Waals surface area contributed by atoms with Crippen LogP contribution in [0.1, 0.15) is 49.1 Å². The summed E-state index contributed by atoms with van der Waals surface area (Å²) in [7, 11) is 0. The van der Waals surface area contributed by atoms with E-state index in [4.69, 9.17) is 4.52 Å². The zero-order valence-electron chi connectivity index (χ0n) is 10.9. The molecule has 0 spiro atoms. The van der Waals surface area contributed by atoms with Gasteiger partial charge in [0.1, 0.15) is 11.5 Å². The molecule has 1 saturated carbocycles. The fourth-order valence-electron chi connectivity index (χ4n) is 3.37. The van der Waals surface area contributed by atoms with E-state index in [1.807, 2.05) is 0 Å². The van der Waals surface area contributed by atoms with Gasteiger partial charge in [0.15, 0.2) is 0 Å². The Morgan fingerprint density at radius 3 is 2.50 bits per heavy atom. The van der Waals surface area contributed by atoms with Crippen molar-refractivity contribution in [2.45, 2.75) is 51.5 Å². The highest BCUT2D eigenvalue weighted by Gasteiger charge is 2.25. The minimum atomic E-state index is 1.00. The van der Waals surface area contributed by atoms with Gasteiger partial charge in [-0.15, -0.1) is 0 Å². The topological polar surface area (TPSA) is 29.3 Å². The number of aromatic nitrogens is 1. The van der Waals surface area contributed by atoms with Crippen LogP contribution in [0.3, 0.4) is 0 Å². The lowest BCUT2D eigenvalue weighted by Gasteiger charge is -2.27. The molecule has 0 amide bonds. The van der Waals surface area contributed by atoms with Crippen molar-refractivity contribution in [3.05, 3.63) is 28.2 Å². The summed E-state index contributed by atoms with van der Waals surface area (Å²) >= 11 is 0. The second-order valence-corrected chi connectivity index (χ2v) is 5.87. The number of hydrogen-bond donors (Lipinski definition) is 0. The Bertz CT molecular complexity index is 485. The molecule has 96 valence electrons. The maximum absolute atomic E-state index is 5.43. The first-order chi connectivity index (χ1) is 8.90. The monoisotopic (exact) mass is 244 g/mol. The van der Waals surface area contributed by atoms with Crippen molar-refractivity contribution in [1.82, 2.24) is 10.1 Å². The predicted octanol–water partition coefficient (Wildman–Crippen LogP) is 2.85. The summed E-state index contributed by atoms with van der Waals surface area (Å²) in [5.74, 6) is 1.16. The van der Waals surface area contributed by atoms with Crippen LogP contribution in [0.5, 0.6) is 0 Å². The molecule has 0 radical (unpaired) electrons. The average Bonchev–Trinajstić information content (AvgIpc) is 3.02. The van der Waals surface area contributed by atoms with Gasteiger partial charge in [0.05, 0.1) is 0 Å². The lowest BCUT2D eigenvalue weighted by Crippen LogP contribution is -2.30. The normalized spacial score (nSPS) is 23.6. The molecular weight excluding hydrogens is 224 g/mol. The fourth-order valence-corrected chi connectivity index (χ4v) is 3.37. The zero-order chi connectivity index (χ0) is 11.9. The molecule has 2 heterocycles. The number of aryl methyl sites for hydroxylation is 1. The van der Waals surface area contributed by atoms with Crippen molar-refractivity contribution in [2.75, 3.05) is 13.1 Å². The molecule has 0 unspecified atom stereocenters. The Morgan fingerprint density at radius 1 is 0.944 bits per heavy atom. The lowest BCUT2D eigenvalue weighted by atomic mass is 10.0. The first-order valence-electron chi connectivity index (χ1n) is 7.28. The molecule has 1 aromatic heterocycles. The van der Waals surface area contributed by atoms with Crippen LogP contribution in [0.4, 0.5) is 0 Å². The molecule has 0 atom stereocenters. The first kappa shape index (κ1) is 10.8. The van der Waals surface area contributed by atoms with Crippen LogP contribution in [-0.2, 0) is 19.4 Å². The Balaban J connectivity index is 1.42. The van der Waals surface area contributed by atoms with E-state index in [-0.39, 0.29) is 0 Å². The zero-order valence-corrected chi connectivity index (χ0v) is 10.9. The second kappa shape index (κ2) is 4.23. The van der Waals surface area contributed by atoms with Crippen LogP contribution < -0.4 is 0 Å².